The van der Waals surface area contributed by atoms with Crippen molar-refractivity contribution in [3.63, 3.8) is 0 Å². The lowest BCUT2D eigenvalue weighted by Gasteiger charge is -2.07. The summed E-state index contributed by atoms with van der Waals surface area (Å²) in [6, 6.07) is 0. The van der Waals surface area contributed by atoms with Gasteiger partial charge in [0.15, 0.2) is 0 Å². The molecule has 0 bridgehead atoms. The predicted molar refractivity (Wildman–Crippen MR) is 77.0 cm³/mol. The summed E-state index contributed by atoms with van der Waals surface area (Å²) in [5, 5.41) is 8.78. The van der Waals surface area contributed by atoms with E-state index in [-0.39, 0.29) is 6.61 Å². The SMILES string of the molecule is CCC(/C=C/C=C/COCOCCOC)CCCO. The highest BCUT2D eigenvalue weighted by molar-refractivity contribution is 5.04. The van der Waals surface area contributed by atoms with Crippen LogP contribution in [0.15, 0.2) is 24.3 Å². The topological polar surface area (TPSA) is 47.9 Å². The van der Waals surface area contributed by atoms with Gasteiger partial charge in [0, 0.05) is 13.7 Å². The zero-order valence-corrected chi connectivity index (χ0v) is 12.2. The van der Waals surface area contributed by atoms with E-state index in [4.69, 9.17) is 19.3 Å². The van der Waals surface area contributed by atoms with E-state index in [2.05, 4.69) is 13.0 Å². The van der Waals surface area contributed by atoms with Crippen LogP contribution < -0.4 is 0 Å². The normalized spacial score (nSPS) is 13.6. The Morgan fingerprint density at radius 1 is 1.16 bits per heavy atom. The number of rotatable bonds is 13. The summed E-state index contributed by atoms with van der Waals surface area (Å²) in [5.41, 5.74) is 0. The Labute approximate surface area is 117 Å². The monoisotopic (exact) mass is 272 g/mol. The van der Waals surface area contributed by atoms with Gasteiger partial charge in [-0.3, -0.25) is 0 Å². The molecule has 4 heteroatoms. The molecule has 0 aliphatic heterocycles. The minimum Gasteiger partial charge on any atom is -0.396 e. The van der Waals surface area contributed by atoms with Gasteiger partial charge in [-0.25, -0.2) is 0 Å². The number of hydrogen-bond donors (Lipinski definition) is 1. The molecule has 0 aromatic rings. The zero-order valence-electron chi connectivity index (χ0n) is 12.2. The van der Waals surface area contributed by atoms with E-state index >= 15 is 0 Å². The molecule has 0 amide bonds. The van der Waals surface area contributed by atoms with Crippen LogP contribution in [0, 0.1) is 5.92 Å². The molecule has 0 fully saturated rings. The average Bonchev–Trinajstić information content (AvgIpc) is 2.44. The molecular formula is C15H28O4. The lowest BCUT2D eigenvalue weighted by Crippen LogP contribution is -2.05. The second-order valence-corrected chi connectivity index (χ2v) is 4.24. The maximum absolute atomic E-state index is 8.78. The molecular weight excluding hydrogens is 244 g/mol. The van der Waals surface area contributed by atoms with E-state index < -0.39 is 0 Å². The van der Waals surface area contributed by atoms with Crippen LogP contribution in [0.25, 0.3) is 0 Å². The summed E-state index contributed by atoms with van der Waals surface area (Å²) >= 11 is 0. The highest BCUT2D eigenvalue weighted by Crippen LogP contribution is 2.11. The van der Waals surface area contributed by atoms with Crippen LogP contribution in [0.5, 0.6) is 0 Å². The first-order chi connectivity index (χ1) is 9.35. The van der Waals surface area contributed by atoms with Crippen molar-refractivity contribution in [3.05, 3.63) is 24.3 Å². The van der Waals surface area contributed by atoms with Gasteiger partial charge in [-0.2, -0.15) is 0 Å². The maximum atomic E-state index is 8.78. The van der Waals surface area contributed by atoms with Crippen LogP contribution in [0.2, 0.25) is 0 Å². The number of aliphatic hydroxyl groups is 1. The van der Waals surface area contributed by atoms with Gasteiger partial charge >= 0.3 is 0 Å². The number of methoxy groups -OCH3 is 1. The molecule has 0 aromatic carbocycles. The fraction of sp³-hybridized carbons (Fsp3) is 0.733. The average molecular weight is 272 g/mol. The molecule has 4 nitrogen and oxygen atoms in total. The quantitative estimate of drug-likeness (QED) is 0.318. The number of aliphatic hydroxyl groups excluding tert-OH is 1. The van der Waals surface area contributed by atoms with Gasteiger partial charge in [0.2, 0.25) is 0 Å². The minimum atomic E-state index is 0.275. The Morgan fingerprint density at radius 2 is 2.00 bits per heavy atom. The summed E-state index contributed by atoms with van der Waals surface area (Å²) < 4.78 is 15.2. The first-order valence-corrected chi connectivity index (χ1v) is 6.93. The molecule has 1 N–H and O–H groups in total. The number of ether oxygens (including phenoxy) is 3. The van der Waals surface area contributed by atoms with Crippen LogP contribution in [0.4, 0.5) is 0 Å². The van der Waals surface area contributed by atoms with Gasteiger partial charge < -0.3 is 19.3 Å². The van der Waals surface area contributed by atoms with Crippen molar-refractivity contribution < 1.29 is 19.3 Å². The van der Waals surface area contributed by atoms with Crippen LogP contribution in [-0.2, 0) is 14.2 Å². The Kier molecular flexibility index (Phi) is 14.8. The molecule has 0 heterocycles. The second-order valence-electron chi connectivity index (χ2n) is 4.24. The molecule has 0 radical (unpaired) electrons. The molecule has 0 aliphatic carbocycles. The van der Waals surface area contributed by atoms with Gasteiger partial charge in [0.25, 0.3) is 0 Å². The van der Waals surface area contributed by atoms with Crippen LogP contribution in [-0.4, -0.2) is 45.4 Å². The van der Waals surface area contributed by atoms with Crippen molar-refractivity contribution in [2.75, 3.05) is 40.3 Å². The molecule has 19 heavy (non-hydrogen) atoms. The summed E-state index contributed by atoms with van der Waals surface area (Å²) in [7, 11) is 1.64. The lowest BCUT2D eigenvalue weighted by molar-refractivity contribution is -0.0571. The fourth-order valence-corrected chi connectivity index (χ4v) is 1.52. The third-order valence-corrected chi connectivity index (χ3v) is 2.70. The smallest absolute Gasteiger partial charge is 0.147 e. The number of allylic oxidation sites excluding steroid dienone is 3. The van der Waals surface area contributed by atoms with Gasteiger partial charge in [0.05, 0.1) is 19.8 Å². The highest BCUT2D eigenvalue weighted by atomic mass is 16.7. The summed E-state index contributed by atoms with van der Waals surface area (Å²) in [4.78, 5) is 0. The molecule has 1 unspecified atom stereocenters. The van der Waals surface area contributed by atoms with E-state index in [9.17, 15) is 0 Å². The van der Waals surface area contributed by atoms with Crippen molar-refractivity contribution in [3.8, 4) is 0 Å². The van der Waals surface area contributed by atoms with Crippen LogP contribution in [0.3, 0.4) is 0 Å². The molecule has 0 saturated carbocycles. The van der Waals surface area contributed by atoms with Crippen molar-refractivity contribution >= 4 is 0 Å². The zero-order chi connectivity index (χ0) is 14.2. The van der Waals surface area contributed by atoms with E-state index in [0.717, 1.165) is 19.3 Å². The lowest BCUT2D eigenvalue weighted by atomic mass is 10.00. The van der Waals surface area contributed by atoms with Crippen LogP contribution in [0.1, 0.15) is 26.2 Å². The van der Waals surface area contributed by atoms with Gasteiger partial charge in [-0.1, -0.05) is 31.2 Å². The van der Waals surface area contributed by atoms with Crippen molar-refractivity contribution in [1.29, 1.82) is 0 Å². The van der Waals surface area contributed by atoms with E-state index in [1.54, 1.807) is 7.11 Å². The Morgan fingerprint density at radius 3 is 2.68 bits per heavy atom. The summed E-state index contributed by atoms with van der Waals surface area (Å²) in [6.07, 6.45) is 11.2. The van der Waals surface area contributed by atoms with E-state index in [1.165, 1.54) is 0 Å². The van der Waals surface area contributed by atoms with Crippen molar-refractivity contribution in [2.45, 2.75) is 26.2 Å². The predicted octanol–water partition coefficient (Wildman–Crippen LogP) is 2.53. The Hall–Kier alpha value is -0.680. The largest absolute Gasteiger partial charge is 0.396 e. The Bertz CT molecular complexity index is 226. The highest BCUT2D eigenvalue weighted by Gasteiger charge is 1.99. The molecule has 1 atom stereocenters. The minimum absolute atomic E-state index is 0.275. The maximum Gasteiger partial charge on any atom is 0.147 e. The van der Waals surface area contributed by atoms with Crippen molar-refractivity contribution in [1.82, 2.24) is 0 Å². The van der Waals surface area contributed by atoms with E-state index in [1.807, 2.05) is 18.2 Å². The molecule has 0 saturated heterocycles. The number of hydrogen-bond acceptors (Lipinski definition) is 4. The molecule has 0 spiro atoms. The first kappa shape index (κ1) is 18.3. The third kappa shape index (κ3) is 13.6. The first-order valence-electron chi connectivity index (χ1n) is 6.93. The molecule has 0 aliphatic rings. The molecule has 0 aromatic heterocycles. The molecule has 0 rings (SSSR count). The summed E-state index contributed by atoms with van der Waals surface area (Å²) in [6.45, 7) is 4.43. The van der Waals surface area contributed by atoms with Crippen molar-refractivity contribution in [2.24, 2.45) is 5.92 Å². The van der Waals surface area contributed by atoms with Gasteiger partial charge in [-0.05, 0) is 25.2 Å². The second kappa shape index (κ2) is 15.4. The van der Waals surface area contributed by atoms with Gasteiger partial charge in [-0.15, -0.1) is 0 Å². The fourth-order valence-electron chi connectivity index (χ4n) is 1.52. The third-order valence-electron chi connectivity index (χ3n) is 2.70. The standard InChI is InChI=1S/C15H28O4/c1-3-15(9-7-10-16)8-5-4-6-11-18-14-19-13-12-17-2/h4-6,8,15-16H,3,7,9-14H2,1-2H3/b6-4+,8-5+. The van der Waals surface area contributed by atoms with Crippen LogP contribution >= 0.6 is 0 Å². The van der Waals surface area contributed by atoms with Gasteiger partial charge in [0.1, 0.15) is 6.79 Å². The Balaban J connectivity index is 3.49. The molecule has 112 valence electrons. The summed E-state index contributed by atoms with van der Waals surface area (Å²) in [5.74, 6) is 0.551. The van der Waals surface area contributed by atoms with E-state index in [0.29, 0.717) is 32.5 Å².